The Morgan fingerprint density at radius 3 is 2.83 bits per heavy atom. The number of ether oxygens (including phenoxy) is 1. The summed E-state index contributed by atoms with van der Waals surface area (Å²) in [6.07, 6.45) is 3.51. The van der Waals surface area contributed by atoms with Crippen LogP contribution in [0.3, 0.4) is 0 Å². The van der Waals surface area contributed by atoms with E-state index in [9.17, 15) is 9.90 Å². The zero-order valence-electron chi connectivity index (χ0n) is 11.4. The molecule has 0 radical (unpaired) electrons. The van der Waals surface area contributed by atoms with Gasteiger partial charge in [-0.3, -0.25) is 0 Å². The van der Waals surface area contributed by atoms with Crippen molar-refractivity contribution < 1.29 is 14.6 Å². The Kier molecular flexibility index (Phi) is 2.60. The highest BCUT2D eigenvalue weighted by molar-refractivity contribution is 5.91. The maximum absolute atomic E-state index is 11.7. The Morgan fingerprint density at radius 1 is 1.39 bits per heavy atom. The van der Waals surface area contributed by atoms with Crippen molar-refractivity contribution in [1.29, 1.82) is 0 Å². The van der Waals surface area contributed by atoms with Gasteiger partial charge in [-0.15, -0.1) is 0 Å². The fourth-order valence-electron chi connectivity index (χ4n) is 4.28. The van der Waals surface area contributed by atoms with E-state index < -0.39 is 6.10 Å². The first-order valence-corrected chi connectivity index (χ1v) is 7.04. The Morgan fingerprint density at radius 2 is 2.11 bits per heavy atom. The van der Waals surface area contributed by atoms with Gasteiger partial charge in [-0.1, -0.05) is 26.7 Å². The molecular formula is C15H22O3. The molecule has 0 saturated heterocycles. The lowest BCUT2D eigenvalue weighted by Gasteiger charge is -2.53. The largest absolute Gasteiger partial charge is 0.452 e. The van der Waals surface area contributed by atoms with E-state index in [0.717, 1.165) is 24.0 Å². The molecular weight excluding hydrogens is 228 g/mol. The fourth-order valence-corrected chi connectivity index (χ4v) is 4.28. The van der Waals surface area contributed by atoms with Gasteiger partial charge in [-0.25, -0.2) is 4.79 Å². The summed E-state index contributed by atoms with van der Waals surface area (Å²) in [6, 6.07) is 0. The molecule has 3 rings (SSSR count). The lowest BCUT2D eigenvalue weighted by atomic mass is 9.53. The van der Waals surface area contributed by atoms with Gasteiger partial charge in [0.05, 0.1) is 6.10 Å². The number of carbonyl (C=O) groups excluding carboxylic acids is 1. The highest BCUT2D eigenvalue weighted by Crippen LogP contribution is 2.56. The standard InChI is InChI=1S/C15H22O3/c1-8-5-4-6-11-12(16)13-10(7-15(8,11)3)9(2)14(17)18-13/h8,11-13,16H,4-7H2,1-3H3/t8-,11-,12+,13+,15+/m0/s1. The van der Waals surface area contributed by atoms with E-state index >= 15 is 0 Å². The molecule has 100 valence electrons. The van der Waals surface area contributed by atoms with Gasteiger partial charge in [0.1, 0.15) is 0 Å². The summed E-state index contributed by atoms with van der Waals surface area (Å²) in [5.74, 6) is 0.639. The van der Waals surface area contributed by atoms with Crippen LogP contribution >= 0.6 is 0 Å². The van der Waals surface area contributed by atoms with Gasteiger partial charge in [0.15, 0.2) is 6.10 Å². The first-order chi connectivity index (χ1) is 8.45. The minimum absolute atomic E-state index is 0.124. The monoisotopic (exact) mass is 250 g/mol. The molecule has 2 fully saturated rings. The molecule has 1 N–H and O–H groups in total. The van der Waals surface area contributed by atoms with Crippen molar-refractivity contribution in [2.24, 2.45) is 17.3 Å². The molecule has 3 aliphatic rings. The minimum Gasteiger partial charge on any atom is -0.452 e. The highest BCUT2D eigenvalue weighted by Gasteiger charge is 2.55. The van der Waals surface area contributed by atoms with Crippen molar-refractivity contribution in [3.8, 4) is 0 Å². The quantitative estimate of drug-likeness (QED) is 0.672. The SMILES string of the molecule is CC1=C2C[C@]3(C)[C@@H](C)CCC[C@H]3[C@@H](O)[C@@H]2OC1=O. The van der Waals surface area contributed by atoms with Crippen molar-refractivity contribution in [3.05, 3.63) is 11.1 Å². The summed E-state index contributed by atoms with van der Waals surface area (Å²) in [7, 11) is 0. The summed E-state index contributed by atoms with van der Waals surface area (Å²) in [5.41, 5.74) is 1.91. The van der Waals surface area contributed by atoms with Crippen molar-refractivity contribution in [2.75, 3.05) is 0 Å². The third kappa shape index (κ3) is 1.43. The van der Waals surface area contributed by atoms with Crippen LogP contribution in [-0.2, 0) is 9.53 Å². The second-order valence-corrected chi connectivity index (χ2v) is 6.59. The second-order valence-electron chi connectivity index (χ2n) is 6.59. The molecule has 0 amide bonds. The Hall–Kier alpha value is -0.830. The molecule has 18 heavy (non-hydrogen) atoms. The number of esters is 1. The Balaban J connectivity index is 2.02. The number of rotatable bonds is 0. The Bertz CT molecular complexity index is 425. The topological polar surface area (TPSA) is 46.5 Å². The predicted molar refractivity (Wildman–Crippen MR) is 67.8 cm³/mol. The summed E-state index contributed by atoms with van der Waals surface area (Å²) in [4.78, 5) is 11.7. The summed E-state index contributed by atoms with van der Waals surface area (Å²) < 4.78 is 5.36. The molecule has 0 bridgehead atoms. The highest BCUT2D eigenvalue weighted by atomic mass is 16.6. The number of aliphatic hydroxyl groups excluding tert-OH is 1. The van der Waals surface area contributed by atoms with E-state index in [4.69, 9.17) is 4.74 Å². The van der Waals surface area contributed by atoms with Gasteiger partial charge < -0.3 is 9.84 Å². The number of fused-ring (bicyclic) bond motifs is 2. The molecule has 0 aromatic rings. The van der Waals surface area contributed by atoms with E-state index in [2.05, 4.69) is 13.8 Å². The van der Waals surface area contributed by atoms with Crippen LogP contribution in [0.1, 0.15) is 46.5 Å². The molecule has 5 atom stereocenters. The molecule has 3 heteroatoms. The van der Waals surface area contributed by atoms with E-state index in [1.807, 2.05) is 6.92 Å². The van der Waals surface area contributed by atoms with E-state index in [1.54, 1.807) is 0 Å². The van der Waals surface area contributed by atoms with Crippen LogP contribution in [0, 0.1) is 17.3 Å². The molecule has 2 aliphatic carbocycles. The molecule has 0 aromatic carbocycles. The van der Waals surface area contributed by atoms with Gasteiger partial charge in [-0.05, 0) is 42.6 Å². The van der Waals surface area contributed by atoms with Crippen LogP contribution in [0.4, 0.5) is 0 Å². The zero-order valence-corrected chi connectivity index (χ0v) is 11.4. The first kappa shape index (κ1) is 12.2. The third-order valence-corrected chi connectivity index (χ3v) is 5.78. The maximum atomic E-state index is 11.7. The van der Waals surface area contributed by atoms with Gasteiger partial charge in [0, 0.05) is 5.57 Å². The Labute approximate surface area is 108 Å². The third-order valence-electron chi connectivity index (χ3n) is 5.78. The lowest BCUT2D eigenvalue weighted by Crippen LogP contribution is -2.53. The van der Waals surface area contributed by atoms with Gasteiger partial charge in [0.2, 0.25) is 0 Å². The zero-order chi connectivity index (χ0) is 13.1. The normalized spacial score (nSPS) is 47.7. The minimum atomic E-state index is -0.511. The van der Waals surface area contributed by atoms with Crippen molar-refractivity contribution in [1.82, 2.24) is 0 Å². The van der Waals surface area contributed by atoms with Gasteiger partial charge in [-0.2, -0.15) is 0 Å². The first-order valence-electron chi connectivity index (χ1n) is 7.04. The van der Waals surface area contributed by atoms with Crippen LogP contribution in [-0.4, -0.2) is 23.3 Å². The smallest absolute Gasteiger partial charge is 0.334 e. The maximum Gasteiger partial charge on any atom is 0.334 e. The average molecular weight is 250 g/mol. The average Bonchev–Trinajstić information content (AvgIpc) is 2.60. The van der Waals surface area contributed by atoms with Crippen LogP contribution in [0.15, 0.2) is 11.1 Å². The molecule has 3 nitrogen and oxygen atoms in total. The number of hydrogen-bond acceptors (Lipinski definition) is 3. The van der Waals surface area contributed by atoms with E-state index in [1.165, 1.54) is 12.8 Å². The van der Waals surface area contributed by atoms with Crippen molar-refractivity contribution in [2.45, 2.75) is 58.7 Å². The summed E-state index contributed by atoms with van der Waals surface area (Å²) in [6.45, 7) is 6.40. The molecule has 0 spiro atoms. The molecule has 2 saturated carbocycles. The van der Waals surface area contributed by atoms with E-state index in [-0.39, 0.29) is 23.4 Å². The van der Waals surface area contributed by atoms with Crippen LogP contribution in [0.5, 0.6) is 0 Å². The summed E-state index contributed by atoms with van der Waals surface area (Å²) >= 11 is 0. The van der Waals surface area contributed by atoms with Crippen molar-refractivity contribution in [3.63, 3.8) is 0 Å². The fraction of sp³-hybridized carbons (Fsp3) is 0.800. The summed E-state index contributed by atoms with van der Waals surface area (Å²) in [5, 5.41) is 10.6. The predicted octanol–water partition coefficient (Wildman–Crippen LogP) is 2.44. The molecule has 0 aromatic heterocycles. The molecule has 1 aliphatic heterocycles. The lowest BCUT2D eigenvalue weighted by molar-refractivity contribution is -0.154. The van der Waals surface area contributed by atoms with E-state index in [0.29, 0.717) is 5.92 Å². The number of aliphatic hydroxyl groups is 1. The molecule has 0 unspecified atom stereocenters. The second kappa shape index (κ2) is 3.83. The van der Waals surface area contributed by atoms with Crippen LogP contribution in [0.25, 0.3) is 0 Å². The molecule has 1 heterocycles. The van der Waals surface area contributed by atoms with Crippen LogP contribution < -0.4 is 0 Å². The van der Waals surface area contributed by atoms with Gasteiger partial charge >= 0.3 is 5.97 Å². The van der Waals surface area contributed by atoms with Crippen molar-refractivity contribution >= 4 is 5.97 Å². The van der Waals surface area contributed by atoms with Crippen LogP contribution in [0.2, 0.25) is 0 Å². The van der Waals surface area contributed by atoms with Gasteiger partial charge in [0.25, 0.3) is 0 Å². The number of carbonyl (C=O) groups is 1. The number of hydrogen-bond donors (Lipinski definition) is 1.